The molecular formula is C20H18ClN3O2. The monoisotopic (exact) mass is 367 g/mol. The predicted octanol–water partition coefficient (Wildman–Crippen LogP) is 3.71. The zero-order chi connectivity index (χ0) is 17.9. The van der Waals surface area contributed by atoms with Gasteiger partial charge in [0.2, 0.25) is 0 Å². The van der Waals surface area contributed by atoms with Crippen molar-refractivity contribution in [1.82, 2.24) is 14.9 Å². The Morgan fingerprint density at radius 2 is 2.04 bits per heavy atom. The van der Waals surface area contributed by atoms with Gasteiger partial charge in [-0.3, -0.25) is 9.78 Å². The van der Waals surface area contributed by atoms with Gasteiger partial charge in [0.1, 0.15) is 11.5 Å². The van der Waals surface area contributed by atoms with E-state index in [0.717, 1.165) is 30.2 Å². The van der Waals surface area contributed by atoms with Crippen LogP contribution in [0.2, 0.25) is 5.02 Å². The first-order valence-corrected chi connectivity index (χ1v) is 8.98. The van der Waals surface area contributed by atoms with Crippen molar-refractivity contribution in [2.24, 2.45) is 0 Å². The number of amides is 1. The highest BCUT2D eigenvalue weighted by atomic mass is 35.5. The molecule has 3 aromatic rings. The van der Waals surface area contributed by atoms with E-state index in [4.69, 9.17) is 16.0 Å². The highest BCUT2D eigenvalue weighted by Crippen LogP contribution is 2.22. The van der Waals surface area contributed by atoms with Crippen LogP contribution < -0.4 is 0 Å². The molecule has 1 aliphatic rings. The Balaban J connectivity index is 1.44. The zero-order valence-corrected chi connectivity index (χ0v) is 14.9. The highest BCUT2D eigenvalue weighted by Gasteiger charge is 2.26. The maximum Gasteiger partial charge on any atom is 0.255 e. The minimum atomic E-state index is -0.0838. The molecule has 26 heavy (non-hydrogen) atoms. The molecule has 0 spiro atoms. The smallest absolute Gasteiger partial charge is 0.255 e. The molecule has 132 valence electrons. The van der Waals surface area contributed by atoms with Crippen molar-refractivity contribution in [1.29, 1.82) is 0 Å². The molecule has 3 heterocycles. The summed E-state index contributed by atoms with van der Waals surface area (Å²) < 4.78 is 5.90. The number of hydrogen-bond acceptors (Lipinski definition) is 4. The van der Waals surface area contributed by atoms with E-state index in [2.05, 4.69) is 22.1 Å². The van der Waals surface area contributed by atoms with Crippen LogP contribution in [0, 0.1) is 0 Å². The quantitative estimate of drug-likeness (QED) is 0.705. The molecule has 0 saturated heterocycles. The number of fused-ring (bicyclic) bond motifs is 1. The number of carbonyl (C=O) groups is 1. The van der Waals surface area contributed by atoms with E-state index in [9.17, 15) is 4.79 Å². The Labute approximate surface area is 156 Å². The highest BCUT2D eigenvalue weighted by molar-refractivity contribution is 6.30. The maximum absolute atomic E-state index is 12.6. The van der Waals surface area contributed by atoms with Crippen molar-refractivity contribution < 1.29 is 9.21 Å². The summed E-state index contributed by atoms with van der Waals surface area (Å²) in [5.74, 6) is 1.54. The molecule has 0 saturated carbocycles. The van der Waals surface area contributed by atoms with Crippen molar-refractivity contribution in [3.63, 3.8) is 0 Å². The number of aryl methyl sites for hydroxylation is 2. The van der Waals surface area contributed by atoms with Gasteiger partial charge in [0.05, 0.1) is 17.1 Å². The van der Waals surface area contributed by atoms with Crippen LogP contribution in [0.15, 0.2) is 53.2 Å². The Hall–Kier alpha value is -2.66. The minimum absolute atomic E-state index is 0.0838. The molecule has 0 N–H and O–H groups in total. The maximum atomic E-state index is 12.6. The van der Waals surface area contributed by atoms with E-state index in [1.807, 2.05) is 18.2 Å². The summed E-state index contributed by atoms with van der Waals surface area (Å²) in [5, 5.41) is 0.457. The van der Waals surface area contributed by atoms with E-state index >= 15 is 0 Å². The van der Waals surface area contributed by atoms with Gasteiger partial charge in [-0.1, -0.05) is 41.9 Å². The van der Waals surface area contributed by atoms with E-state index in [-0.39, 0.29) is 5.91 Å². The molecule has 2 aromatic heterocycles. The lowest BCUT2D eigenvalue weighted by Crippen LogP contribution is -2.35. The second-order valence-electron chi connectivity index (χ2n) is 6.33. The van der Waals surface area contributed by atoms with Crippen molar-refractivity contribution in [3.05, 3.63) is 82.3 Å². The number of halogens is 1. The number of pyridine rings is 1. The first-order chi connectivity index (χ1) is 12.7. The number of aromatic nitrogens is 2. The Morgan fingerprint density at radius 1 is 1.19 bits per heavy atom. The van der Waals surface area contributed by atoms with Crippen LogP contribution in [0.5, 0.6) is 0 Å². The molecular weight excluding hydrogens is 350 g/mol. The Morgan fingerprint density at radius 3 is 2.85 bits per heavy atom. The summed E-state index contributed by atoms with van der Waals surface area (Å²) in [4.78, 5) is 23.0. The van der Waals surface area contributed by atoms with E-state index in [1.165, 1.54) is 18.0 Å². The number of rotatable bonds is 4. The number of oxazole rings is 1. The fraction of sp³-hybridized carbons (Fsp3) is 0.250. The van der Waals surface area contributed by atoms with Gasteiger partial charge in [-0.15, -0.1) is 0 Å². The summed E-state index contributed by atoms with van der Waals surface area (Å²) in [6.45, 7) is 1.06. The normalized spacial score (nSPS) is 13.5. The third-order valence-electron chi connectivity index (χ3n) is 4.48. The molecule has 0 fully saturated rings. The SMILES string of the molecule is O=C(c1cncc(Cl)c1)N1CCc2oc(CCc3ccccc3)nc2C1. The van der Waals surface area contributed by atoms with Crippen molar-refractivity contribution in [3.8, 4) is 0 Å². The van der Waals surface area contributed by atoms with E-state index < -0.39 is 0 Å². The lowest BCUT2D eigenvalue weighted by molar-refractivity contribution is 0.0727. The van der Waals surface area contributed by atoms with Gasteiger partial charge in [-0.05, 0) is 18.1 Å². The molecule has 4 rings (SSSR count). The predicted molar refractivity (Wildman–Crippen MR) is 98.0 cm³/mol. The van der Waals surface area contributed by atoms with Crippen molar-refractivity contribution >= 4 is 17.5 Å². The lowest BCUT2D eigenvalue weighted by atomic mass is 10.1. The topological polar surface area (TPSA) is 59.2 Å². The Kier molecular flexibility index (Phi) is 4.71. The molecule has 1 amide bonds. The van der Waals surface area contributed by atoms with Gasteiger partial charge in [0.25, 0.3) is 5.91 Å². The fourth-order valence-corrected chi connectivity index (χ4v) is 3.31. The zero-order valence-electron chi connectivity index (χ0n) is 14.2. The number of hydrogen-bond donors (Lipinski definition) is 0. The number of benzene rings is 1. The Bertz CT molecular complexity index is 924. The third kappa shape index (κ3) is 3.63. The van der Waals surface area contributed by atoms with Gasteiger partial charge in [-0.25, -0.2) is 4.98 Å². The molecule has 1 aliphatic heterocycles. The average molecular weight is 368 g/mol. The van der Waals surface area contributed by atoms with Gasteiger partial charge in [-0.2, -0.15) is 0 Å². The molecule has 0 bridgehead atoms. The summed E-state index contributed by atoms with van der Waals surface area (Å²) in [5.41, 5.74) is 2.60. The first-order valence-electron chi connectivity index (χ1n) is 8.60. The largest absolute Gasteiger partial charge is 0.445 e. The second-order valence-corrected chi connectivity index (χ2v) is 6.77. The summed E-state index contributed by atoms with van der Waals surface area (Å²) in [6.07, 6.45) is 5.37. The van der Waals surface area contributed by atoms with Crippen LogP contribution in [-0.4, -0.2) is 27.3 Å². The molecule has 0 unspecified atom stereocenters. The molecule has 1 aromatic carbocycles. The van der Waals surface area contributed by atoms with Gasteiger partial charge < -0.3 is 9.32 Å². The third-order valence-corrected chi connectivity index (χ3v) is 4.69. The van der Waals surface area contributed by atoms with E-state index in [1.54, 1.807) is 11.0 Å². The standard InChI is InChI=1S/C20H18ClN3O2/c21-16-10-15(11-22-12-16)20(25)24-9-8-18-17(13-24)23-19(26-18)7-6-14-4-2-1-3-5-14/h1-5,10-12H,6-9,13H2. The summed E-state index contributed by atoms with van der Waals surface area (Å²) >= 11 is 5.94. The summed E-state index contributed by atoms with van der Waals surface area (Å²) in [7, 11) is 0. The van der Waals surface area contributed by atoms with Crippen LogP contribution in [0.25, 0.3) is 0 Å². The second kappa shape index (κ2) is 7.30. The van der Waals surface area contributed by atoms with E-state index in [0.29, 0.717) is 30.1 Å². The van der Waals surface area contributed by atoms with Crippen LogP contribution in [0.1, 0.15) is 33.3 Å². The van der Waals surface area contributed by atoms with Crippen LogP contribution >= 0.6 is 11.6 Å². The number of nitrogens with zero attached hydrogens (tertiary/aromatic N) is 3. The molecule has 5 nitrogen and oxygen atoms in total. The van der Waals surface area contributed by atoms with Crippen LogP contribution in [0.4, 0.5) is 0 Å². The summed E-state index contributed by atoms with van der Waals surface area (Å²) in [6, 6.07) is 11.9. The molecule has 0 atom stereocenters. The fourth-order valence-electron chi connectivity index (χ4n) is 3.14. The molecule has 6 heteroatoms. The molecule has 0 radical (unpaired) electrons. The lowest BCUT2D eigenvalue weighted by Gasteiger charge is -2.25. The van der Waals surface area contributed by atoms with Crippen molar-refractivity contribution in [2.75, 3.05) is 6.54 Å². The van der Waals surface area contributed by atoms with Gasteiger partial charge >= 0.3 is 0 Å². The first kappa shape index (κ1) is 16.8. The molecule has 0 aliphatic carbocycles. The number of carbonyl (C=O) groups excluding carboxylic acids is 1. The minimum Gasteiger partial charge on any atom is -0.445 e. The van der Waals surface area contributed by atoms with Crippen molar-refractivity contribution in [2.45, 2.75) is 25.8 Å². The van der Waals surface area contributed by atoms with Crippen LogP contribution in [-0.2, 0) is 25.8 Å². The van der Waals surface area contributed by atoms with Crippen LogP contribution in [0.3, 0.4) is 0 Å². The van der Waals surface area contributed by atoms with Gasteiger partial charge in [0, 0.05) is 31.8 Å². The van der Waals surface area contributed by atoms with Gasteiger partial charge in [0.15, 0.2) is 5.89 Å². The average Bonchev–Trinajstić information content (AvgIpc) is 3.08.